The molecule has 17 nitrogen and oxygen atoms in total. The number of methoxy groups -OCH3 is 1. The molecule has 0 saturated heterocycles. The first-order valence-electron chi connectivity index (χ1n) is 15.0. The highest BCUT2D eigenvalue weighted by molar-refractivity contribution is 5.97. The average molecular weight is 654 g/mol. The van der Waals surface area contributed by atoms with Gasteiger partial charge in [0, 0.05) is 18.1 Å². The van der Waals surface area contributed by atoms with Crippen molar-refractivity contribution in [1.29, 1.82) is 0 Å². The minimum atomic E-state index is -1.54. The van der Waals surface area contributed by atoms with Crippen LogP contribution in [0.3, 0.4) is 0 Å². The van der Waals surface area contributed by atoms with Crippen molar-refractivity contribution in [2.24, 2.45) is 10.3 Å². The molecule has 5 amide bonds. The van der Waals surface area contributed by atoms with E-state index in [9.17, 15) is 28.8 Å². The highest BCUT2D eigenvalue weighted by Gasteiger charge is 2.41. The molecule has 2 rings (SSSR count). The van der Waals surface area contributed by atoms with E-state index in [1.54, 1.807) is 27.0 Å². The van der Waals surface area contributed by atoms with Gasteiger partial charge in [-0.1, -0.05) is 0 Å². The second-order valence-corrected chi connectivity index (χ2v) is 13.7. The summed E-state index contributed by atoms with van der Waals surface area (Å²) in [6.45, 7) is 14.2. The van der Waals surface area contributed by atoms with E-state index in [4.69, 9.17) is 14.2 Å². The number of alkyl carbamates (subject to hydrolysis) is 1. The molecule has 2 bridgehead atoms. The van der Waals surface area contributed by atoms with Crippen LogP contribution in [0.2, 0.25) is 0 Å². The minimum Gasteiger partial charge on any atom is -0.467 e. The zero-order chi connectivity index (χ0) is 35.1. The zero-order valence-electron chi connectivity index (χ0n) is 28.4. The van der Waals surface area contributed by atoms with E-state index >= 15 is 0 Å². The van der Waals surface area contributed by atoms with E-state index < -0.39 is 76.0 Å². The molecule has 2 unspecified atom stereocenters. The third-order valence-corrected chi connectivity index (χ3v) is 6.94. The number of nitrogens with one attached hydrogen (secondary N) is 5. The molecular weight excluding hydrogens is 604 g/mol. The van der Waals surface area contributed by atoms with Crippen molar-refractivity contribution in [2.75, 3.05) is 26.9 Å². The molecule has 258 valence electrons. The van der Waals surface area contributed by atoms with Crippen LogP contribution in [0.1, 0.15) is 75.2 Å². The van der Waals surface area contributed by atoms with Crippen LogP contribution in [0.5, 0.6) is 0 Å². The Bertz CT molecular complexity index is 1250. The molecule has 17 heteroatoms. The van der Waals surface area contributed by atoms with Gasteiger partial charge >= 0.3 is 12.1 Å². The molecule has 0 aromatic heterocycles. The van der Waals surface area contributed by atoms with Gasteiger partial charge in [-0.25, -0.2) is 9.59 Å². The van der Waals surface area contributed by atoms with Crippen LogP contribution in [0.25, 0.3) is 0 Å². The summed E-state index contributed by atoms with van der Waals surface area (Å²) in [4.78, 5) is 78.5. The maximum atomic E-state index is 13.7. The highest BCUT2D eigenvalue weighted by atomic mass is 16.6. The van der Waals surface area contributed by atoms with Crippen molar-refractivity contribution in [3.05, 3.63) is 0 Å². The van der Waals surface area contributed by atoms with Gasteiger partial charge in [-0.3, -0.25) is 19.2 Å². The summed E-state index contributed by atoms with van der Waals surface area (Å²) in [5, 5.41) is 21.4. The molecule has 0 saturated carbocycles. The molecule has 0 fully saturated rings. The summed E-state index contributed by atoms with van der Waals surface area (Å²) in [5.41, 5.74) is -5.18. The first-order valence-corrected chi connectivity index (χ1v) is 15.0. The number of ether oxygens (including phenoxy) is 3. The van der Waals surface area contributed by atoms with Crippen LogP contribution in [0.15, 0.2) is 10.3 Å². The van der Waals surface area contributed by atoms with Crippen molar-refractivity contribution < 1.29 is 47.7 Å². The van der Waals surface area contributed by atoms with Crippen LogP contribution < -0.4 is 26.6 Å². The Morgan fingerprint density at radius 1 is 1.00 bits per heavy atom. The highest BCUT2D eigenvalue weighted by Crippen LogP contribution is 2.16. The predicted octanol–water partition coefficient (Wildman–Crippen LogP) is -0.135. The maximum Gasteiger partial charge on any atom is 0.408 e. The summed E-state index contributed by atoms with van der Waals surface area (Å²) in [6.07, 6.45) is 0.462. The van der Waals surface area contributed by atoms with Gasteiger partial charge < -0.3 is 40.8 Å². The first kappa shape index (κ1) is 38.0. The van der Waals surface area contributed by atoms with Gasteiger partial charge in [0.15, 0.2) is 0 Å². The fourth-order valence-electron chi connectivity index (χ4n) is 4.34. The van der Waals surface area contributed by atoms with Gasteiger partial charge in [-0.05, 0) is 68.7 Å². The van der Waals surface area contributed by atoms with Gasteiger partial charge in [0.2, 0.25) is 29.8 Å². The summed E-state index contributed by atoms with van der Waals surface area (Å²) in [7, 11) is 1.20. The maximum absolute atomic E-state index is 13.7. The largest absolute Gasteiger partial charge is 0.467 e. The van der Waals surface area contributed by atoms with Crippen LogP contribution in [0.4, 0.5) is 4.79 Å². The predicted molar refractivity (Wildman–Crippen MR) is 164 cm³/mol. The third-order valence-electron chi connectivity index (χ3n) is 6.94. The fraction of sp³-hybridized carbons (Fsp3) is 0.759. The smallest absolute Gasteiger partial charge is 0.408 e. The molecule has 5 N–H and O–H groups in total. The molecular formula is C29H49N8O9+. The van der Waals surface area contributed by atoms with E-state index in [0.29, 0.717) is 0 Å². The fourth-order valence-corrected chi connectivity index (χ4v) is 4.34. The van der Waals surface area contributed by atoms with E-state index in [2.05, 4.69) is 36.9 Å². The molecule has 2 aliphatic heterocycles. The molecule has 46 heavy (non-hydrogen) atoms. The van der Waals surface area contributed by atoms with Crippen molar-refractivity contribution in [3.8, 4) is 0 Å². The SMILES string of the molecule is COC(=O)C(C)(C)NC(=O)C1CC[C@H](NC(=O)OC(C)(C)C)C(=O)NC(C)(C)C(=O)NC(C)(C)C(=O)NCCOCC2C=[N+]1N=N2. The Hall–Kier alpha value is -4.15. The molecule has 0 aromatic rings. The number of carbonyl (C=O) groups excluding carboxylic acids is 6. The molecule has 0 spiro atoms. The minimum absolute atomic E-state index is 0.0713. The third kappa shape index (κ3) is 11.0. The van der Waals surface area contributed by atoms with Crippen molar-refractivity contribution in [3.63, 3.8) is 0 Å². The van der Waals surface area contributed by atoms with Crippen LogP contribution in [-0.4, -0.2) is 114 Å². The van der Waals surface area contributed by atoms with E-state index in [-0.39, 0.29) is 32.6 Å². The Kier molecular flexibility index (Phi) is 12.4. The molecule has 0 aromatic carbocycles. The van der Waals surface area contributed by atoms with Gasteiger partial charge in [0.25, 0.3) is 5.91 Å². The van der Waals surface area contributed by atoms with Gasteiger partial charge in [-0.2, -0.15) is 0 Å². The number of hydrogen-bond acceptors (Lipinski definition) is 11. The van der Waals surface area contributed by atoms with E-state index in [1.807, 2.05) is 0 Å². The van der Waals surface area contributed by atoms with E-state index in [0.717, 1.165) is 0 Å². The van der Waals surface area contributed by atoms with Gasteiger partial charge in [0.05, 0.1) is 13.7 Å². The summed E-state index contributed by atoms with van der Waals surface area (Å²) in [5.74, 6) is -3.20. The van der Waals surface area contributed by atoms with Crippen LogP contribution in [0, 0.1) is 0 Å². The second kappa shape index (κ2) is 15.0. The lowest BCUT2D eigenvalue weighted by atomic mass is 9.97. The number of hydrogen-bond donors (Lipinski definition) is 5. The van der Waals surface area contributed by atoms with Crippen molar-refractivity contribution >= 4 is 41.9 Å². The van der Waals surface area contributed by atoms with Crippen LogP contribution in [-0.2, 0) is 38.2 Å². The van der Waals surface area contributed by atoms with Crippen molar-refractivity contribution in [1.82, 2.24) is 26.6 Å². The average Bonchev–Trinajstić information content (AvgIpc) is 3.37. The molecule has 0 radical (unpaired) electrons. The molecule has 2 heterocycles. The summed E-state index contributed by atoms with van der Waals surface area (Å²) >= 11 is 0. The summed E-state index contributed by atoms with van der Waals surface area (Å²) < 4.78 is 17.1. The molecule has 2 aliphatic rings. The number of fused-ring (bicyclic) bond motifs is 1. The van der Waals surface area contributed by atoms with E-state index in [1.165, 1.54) is 53.3 Å². The van der Waals surface area contributed by atoms with Gasteiger partial charge in [0.1, 0.15) is 46.3 Å². The number of esters is 1. The molecule has 3 atom stereocenters. The zero-order valence-corrected chi connectivity index (χ0v) is 28.4. The topological polar surface area (TPSA) is 218 Å². The lowest BCUT2D eigenvalue weighted by Crippen LogP contribution is -2.64. The number of carbonyl (C=O) groups is 6. The second-order valence-electron chi connectivity index (χ2n) is 13.7. The van der Waals surface area contributed by atoms with Gasteiger partial charge in [-0.15, -0.1) is 4.68 Å². The Balaban J connectivity index is 2.49. The number of rotatable bonds is 4. The standard InChI is InChI=1S/C29H48N8O9/c1-26(2,3)46-25(43)31-18-11-12-19(21(39)33-29(8,9)24(42)44-10)37-15-17(35-36-37)16-45-14-13-30-22(40)27(4,5)34-23(41)28(6,7)32-20(18)38/h15,17-19H,11-14,16H2,1-10H3,(H4-,30,31,32,33,34,38,39,40,41,43)/p+1/t17?,18-,19?/m0/s1. The summed E-state index contributed by atoms with van der Waals surface area (Å²) in [6, 6.07) is -2.95. The Morgan fingerprint density at radius 2 is 1.63 bits per heavy atom. The first-order chi connectivity index (χ1) is 21.1. The monoisotopic (exact) mass is 653 g/mol. The lowest BCUT2D eigenvalue weighted by Gasteiger charge is -2.33. The quantitative estimate of drug-likeness (QED) is 0.201. The normalized spacial score (nSPS) is 24.4. The molecule has 0 aliphatic carbocycles. The van der Waals surface area contributed by atoms with Crippen LogP contribution >= 0.6 is 0 Å². The Labute approximate surface area is 269 Å². The van der Waals surface area contributed by atoms with Crippen molar-refractivity contribution in [2.45, 2.75) is 115 Å². The lowest BCUT2D eigenvalue weighted by molar-refractivity contribution is -0.557. The number of nitrogens with zero attached hydrogens (tertiary/aromatic N) is 3. The number of amides is 5. The Morgan fingerprint density at radius 3 is 2.24 bits per heavy atom.